The monoisotopic (exact) mass is 528 g/mol. The van der Waals surface area contributed by atoms with Gasteiger partial charge in [-0.3, -0.25) is 14.3 Å². The quantitative estimate of drug-likeness (QED) is 0.477. The van der Waals surface area contributed by atoms with Crippen LogP contribution >= 0.6 is 0 Å². The van der Waals surface area contributed by atoms with Crippen LogP contribution in [0.2, 0.25) is 0 Å². The smallest absolute Gasteiger partial charge is 0.408 e. The molecule has 2 bridgehead atoms. The van der Waals surface area contributed by atoms with Crippen LogP contribution in [0.1, 0.15) is 50.8 Å². The highest BCUT2D eigenvalue weighted by Gasteiger charge is 2.29. The molecular weight excluding hydrogens is 492 g/mol. The van der Waals surface area contributed by atoms with Crippen LogP contribution in [0.4, 0.5) is 4.79 Å². The van der Waals surface area contributed by atoms with Crippen LogP contribution in [-0.2, 0) is 43.6 Å². The van der Waals surface area contributed by atoms with Crippen LogP contribution in [0.15, 0.2) is 36.5 Å². The number of benzene rings is 1. The molecule has 0 saturated heterocycles. The molecule has 3 amide bonds. The van der Waals surface area contributed by atoms with Crippen molar-refractivity contribution in [3.63, 3.8) is 0 Å². The average molecular weight is 529 g/mol. The van der Waals surface area contributed by atoms with Crippen molar-refractivity contribution < 1.29 is 28.7 Å². The molecule has 206 valence electrons. The lowest BCUT2D eigenvalue weighted by Crippen LogP contribution is -2.55. The number of alkyl carbamates (subject to hydrolysis) is 1. The van der Waals surface area contributed by atoms with E-state index in [4.69, 9.17) is 9.47 Å². The Morgan fingerprint density at radius 3 is 2.74 bits per heavy atom. The summed E-state index contributed by atoms with van der Waals surface area (Å²) in [4.78, 5) is 50.4. The van der Waals surface area contributed by atoms with E-state index in [1.165, 1.54) is 0 Å². The summed E-state index contributed by atoms with van der Waals surface area (Å²) in [6, 6.07) is 6.48. The number of fused-ring (bicyclic) bond motifs is 2. The van der Waals surface area contributed by atoms with E-state index in [1.807, 2.05) is 44.2 Å². The van der Waals surface area contributed by atoms with Gasteiger partial charge in [0.15, 0.2) is 0 Å². The second-order valence-corrected chi connectivity index (χ2v) is 9.68. The predicted octanol–water partition coefficient (Wildman–Crippen LogP) is 1.49. The van der Waals surface area contributed by atoms with Gasteiger partial charge in [0.2, 0.25) is 11.8 Å². The Morgan fingerprint density at radius 2 is 2.00 bits per heavy atom. The molecule has 0 aliphatic carbocycles. The molecule has 3 atom stereocenters. The number of rotatable bonds is 6. The Bertz CT molecular complexity index is 1060. The lowest BCUT2D eigenvalue weighted by Gasteiger charge is -2.25. The maximum Gasteiger partial charge on any atom is 0.408 e. The molecule has 3 N–H and O–H groups in total. The van der Waals surface area contributed by atoms with E-state index < -0.39 is 36.0 Å². The van der Waals surface area contributed by atoms with Gasteiger partial charge in [-0.2, -0.15) is 0 Å². The van der Waals surface area contributed by atoms with Crippen molar-refractivity contribution in [2.45, 2.75) is 77.4 Å². The van der Waals surface area contributed by atoms with Gasteiger partial charge in [0.1, 0.15) is 36.7 Å². The minimum absolute atomic E-state index is 0.0537. The molecule has 0 spiro atoms. The van der Waals surface area contributed by atoms with Gasteiger partial charge in [0, 0.05) is 6.54 Å². The Morgan fingerprint density at radius 1 is 1.21 bits per heavy atom. The minimum atomic E-state index is -0.923. The Kier molecular flexibility index (Phi) is 11.2. The fraction of sp³-hybridized carbons (Fsp3) is 0.538. The summed E-state index contributed by atoms with van der Waals surface area (Å²) in [6.07, 6.45) is 3.54. The van der Waals surface area contributed by atoms with Crippen molar-refractivity contribution in [1.29, 1.82) is 0 Å². The van der Waals surface area contributed by atoms with Gasteiger partial charge in [-0.05, 0) is 37.2 Å². The first-order valence-corrected chi connectivity index (χ1v) is 12.8. The van der Waals surface area contributed by atoms with Crippen molar-refractivity contribution in [3.8, 4) is 0 Å². The highest BCUT2D eigenvalue weighted by Crippen LogP contribution is 2.10. The molecule has 0 radical (unpaired) electrons. The van der Waals surface area contributed by atoms with Gasteiger partial charge in [-0.1, -0.05) is 49.4 Å². The van der Waals surface area contributed by atoms with Crippen LogP contribution in [-0.4, -0.2) is 63.9 Å². The number of carbonyl (C=O) groups is 4. The maximum atomic E-state index is 13.3. The maximum absolute atomic E-state index is 13.3. The van der Waals surface area contributed by atoms with E-state index in [2.05, 4.69) is 26.3 Å². The zero-order valence-corrected chi connectivity index (χ0v) is 21.8. The van der Waals surface area contributed by atoms with Gasteiger partial charge in [0.05, 0.1) is 19.4 Å². The molecule has 0 fully saturated rings. The van der Waals surface area contributed by atoms with Gasteiger partial charge in [-0.15, -0.1) is 5.10 Å². The molecule has 38 heavy (non-hydrogen) atoms. The third kappa shape index (κ3) is 9.58. The zero-order valence-electron chi connectivity index (χ0n) is 21.8. The molecule has 3 rings (SSSR count). The molecule has 2 aromatic rings. The molecule has 1 aliphatic heterocycles. The summed E-state index contributed by atoms with van der Waals surface area (Å²) in [5, 5.41) is 16.2. The molecular formula is C26H36N6O6. The van der Waals surface area contributed by atoms with Crippen molar-refractivity contribution in [2.75, 3.05) is 6.61 Å². The number of aromatic nitrogens is 3. The molecule has 0 saturated carbocycles. The first-order chi connectivity index (χ1) is 18.3. The molecule has 12 heteroatoms. The second kappa shape index (κ2) is 14.8. The zero-order chi connectivity index (χ0) is 27.3. The van der Waals surface area contributed by atoms with Gasteiger partial charge < -0.3 is 30.2 Å². The Balaban J connectivity index is 1.73. The number of hydrogen-bond donors (Lipinski definition) is 3. The van der Waals surface area contributed by atoms with E-state index in [9.17, 15) is 19.2 Å². The number of hydrogen-bond acceptors (Lipinski definition) is 8. The summed E-state index contributed by atoms with van der Waals surface area (Å²) >= 11 is 0. The highest BCUT2D eigenvalue weighted by molar-refractivity contribution is 5.92. The molecule has 0 unspecified atom stereocenters. The van der Waals surface area contributed by atoms with E-state index >= 15 is 0 Å². The van der Waals surface area contributed by atoms with Crippen LogP contribution in [0.25, 0.3) is 0 Å². The molecule has 12 nitrogen and oxygen atoms in total. The van der Waals surface area contributed by atoms with E-state index in [-0.39, 0.29) is 25.7 Å². The van der Waals surface area contributed by atoms with Crippen molar-refractivity contribution in [1.82, 2.24) is 30.9 Å². The largest absolute Gasteiger partial charge is 0.445 e. The standard InChI is InChI=1S/C26H36N6O6/c1-18(2)12-23-25(35)27-21(14-33)17-37-16-20-13-32(31-30-20)11-7-6-10-22(24(34)28-23)29-26(36)38-15-19-8-4-3-5-9-19/h3-5,8-9,13-14,18,21-23H,6-7,10-12,15-17H2,1-2H3,(H,27,35)(H,28,34)(H,29,36)/t21-,22+,23+/m1/s1. The number of carbonyl (C=O) groups excluding carboxylic acids is 4. The highest BCUT2D eigenvalue weighted by atomic mass is 16.5. The van der Waals surface area contributed by atoms with Gasteiger partial charge >= 0.3 is 6.09 Å². The van der Waals surface area contributed by atoms with Gasteiger partial charge in [0.25, 0.3) is 0 Å². The number of nitrogens with zero attached hydrogens (tertiary/aromatic N) is 3. The summed E-state index contributed by atoms with van der Waals surface area (Å²) < 4.78 is 12.5. The summed E-state index contributed by atoms with van der Waals surface area (Å²) in [5.41, 5.74) is 1.41. The first kappa shape index (κ1) is 28.8. The SMILES string of the molecule is CC(C)C[C@@H]1NC(=O)[C@@H](NC(=O)OCc2ccccc2)CCCCn2cc(nn2)COC[C@@H](C=O)NC1=O. The second-order valence-electron chi connectivity index (χ2n) is 9.68. The first-order valence-electron chi connectivity index (χ1n) is 12.8. The Labute approximate surface area is 221 Å². The Hall–Kier alpha value is -3.80. The fourth-order valence-corrected chi connectivity index (χ4v) is 3.98. The van der Waals surface area contributed by atoms with Crippen LogP contribution in [0.5, 0.6) is 0 Å². The van der Waals surface area contributed by atoms with E-state index in [0.717, 1.165) is 5.56 Å². The number of ether oxygens (including phenoxy) is 2. The molecule has 2 heterocycles. The van der Waals surface area contributed by atoms with E-state index in [1.54, 1.807) is 10.9 Å². The number of aldehydes is 1. The normalized spacial score (nSPS) is 21.6. The minimum Gasteiger partial charge on any atom is -0.445 e. The van der Waals surface area contributed by atoms with Crippen molar-refractivity contribution in [2.24, 2.45) is 5.92 Å². The summed E-state index contributed by atoms with van der Waals surface area (Å²) in [5.74, 6) is -0.933. The third-order valence-electron chi connectivity index (χ3n) is 5.92. The number of aryl methyl sites for hydroxylation is 1. The average Bonchev–Trinajstić information content (AvgIpc) is 3.35. The van der Waals surface area contributed by atoms with Crippen LogP contribution in [0, 0.1) is 5.92 Å². The van der Waals surface area contributed by atoms with Crippen molar-refractivity contribution >= 4 is 24.2 Å². The lowest BCUT2D eigenvalue weighted by atomic mass is 10.0. The molecule has 1 aromatic heterocycles. The number of nitrogens with one attached hydrogen (secondary N) is 3. The topological polar surface area (TPSA) is 154 Å². The summed E-state index contributed by atoms with van der Waals surface area (Å²) in [7, 11) is 0. The number of amides is 3. The molecule has 1 aromatic carbocycles. The fourth-order valence-electron chi connectivity index (χ4n) is 3.98. The third-order valence-corrected chi connectivity index (χ3v) is 5.92. The molecule has 1 aliphatic rings. The van der Waals surface area contributed by atoms with Crippen LogP contribution < -0.4 is 16.0 Å². The lowest BCUT2D eigenvalue weighted by molar-refractivity contribution is -0.131. The van der Waals surface area contributed by atoms with E-state index in [0.29, 0.717) is 44.2 Å². The van der Waals surface area contributed by atoms with Gasteiger partial charge in [-0.25, -0.2) is 4.79 Å². The van der Waals surface area contributed by atoms with Crippen LogP contribution in [0.3, 0.4) is 0 Å². The summed E-state index contributed by atoms with van der Waals surface area (Å²) in [6.45, 7) is 4.55. The predicted molar refractivity (Wildman–Crippen MR) is 136 cm³/mol. The van der Waals surface area contributed by atoms with Crippen molar-refractivity contribution in [3.05, 3.63) is 47.8 Å².